The van der Waals surface area contributed by atoms with Crippen molar-refractivity contribution in [3.63, 3.8) is 0 Å². The summed E-state index contributed by atoms with van der Waals surface area (Å²) in [5, 5.41) is -0.166. The highest BCUT2D eigenvalue weighted by Gasteiger charge is 2.35. The minimum atomic E-state index is -3.10. The second kappa shape index (κ2) is 4.03. The summed E-state index contributed by atoms with van der Waals surface area (Å²) in [5.41, 5.74) is 5.72. The van der Waals surface area contributed by atoms with Gasteiger partial charge in [-0.2, -0.15) is 0 Å². The number of nitrogens with two attached hydrogens (primary N) is 1. The molecule has 2 fully saturated rings. The molecule has 0 aromatic carbocycles. The predicted octanol–water partition coefficient (Wildman–Crippen LogP) is 0.730. The third-order valence-electron chi connectivity index (χ3n) is 3.72. The maximum absolute atomic E-state index is 11.9. The van der Waals surface area contributed by atoms with Crippen LogP contribution in [-0.4, -0.2) is 25.8 Å². The first-order chi connectivity index (χ1) is 7.02. The number of nitrogens with one attached hydrogen (secondary N) is 1. The first kappa shape index (κ1) is 11.4. The van der Waals surface area contributed by atoms with Crippen molar-refractivity contribution in [3.05, 3.63) is 0 Å². The van der Waals surface area contributed by atoms with E-state index in [9.17, 15) is 8.42 Å². The van der Waals surface area contributed by atoms with E-state index in [0.29, 0.717) is 6.54 Å². The summed E-state index contributed by atoms with van der Waals surface area (Å²) in [6.45, 7) is 0.422. The third-order valence-corrected chi connectivity index (χ3v) is 5.61. The smallest absolute Gasteiger partial charge is 0.214 e. The van der Waals surface area contributed by atoms with Crippen LogP contribution in [0.4, 0.5) is 0 Å². The van der Waals surface area contributed by atoms with Crippen molar-refractivity contribution < 1.29 is 8.42 Å². The lowest BCUT2D eigenvalue weighted by atomic mass is 9.78. The summed E-state index contributed by atoms with van der Waals surface area (Å²) in [7, 11) is -3.10. The molecule has 0 aromatic rings. The maximum atomic E-state index is 11.9. The first-order valence-corrected chi connectivity index (χ1v) is 7.34. The van der Waals surface area contributed by atoms with E-state index in [2.05, 4.69) is 4.72 Å². The molecule has 2 saturated carbocycles. The average molecular weight is 232 g/mol. The fourth-order valence-corrected chi connectivity index (χ4v) is 4.05. The minimum absolute atomic E-state index is 0.166. The molecule has 0 atom stereocenters. The van der Waals surface area contributed by atoms with Crippen LogP contribution in [-0.2, 0) is 10.0 Å². The van der Waals surface area contributed by atoms with Crippen molar-refractivity contribution in [2.75, 3.05) is 6.54 Å². The second-order valence-corrected chi connectivity index (χ2v) is 7.03. The monoisotopic (exact) mass is 232 g/mol. The van der Waals surface area contributed by atoms with E-state index >= 15 is 0 Å². The zero-order valence-corrected chi connectivity index (χ0v) is 9.85. The molecule has 2 aliphatic carbocycles. The molecule has 5 heteroatoms. The van der Waals surface area contributed by atoms with Crippen LogP contribution in [0, 0.1) is 0 Å². The Balaban J connectivity index is 1.87. The fourth-order valence-electron chi connectivity index (χ4n) is 2.37. The van der Waals surface area contributed by atoms with Crippen LogP contribution in [0.2, 0.25) is 0 Å². The van der Waals surface area contributed by atoms with E-state index in [1.54, 1.807) is 0 Å². The Morgan fingerprint density at radius 1 is 1.20 bits per heavy atom. The third kappa shape index (κ3) is 2.52. The molecular weight excluding hydrogens is 212 g/mol. The molecule has 0 bridgehead atoms. The topological polar surface area (TPSA) is 72.2 Å². The fraction of sp³-hybridized carbons (Fsp3) is 1.00. The van der Waals surface area contributed by atoms with Crippen LogP contribution in [0.1, 0.15) is 44.9 Å². The van der Waals surface area contributed by atoms with Crippen molar-refractivity contribution in [2.45, 2.75) is 55.7 Å². The lowest BCUT2D eigenvalue weighted by Gasteiger charge is -2.38. The van der Waals surface area contributed by atoms with Crippen LogP contribution in [0.25, 0.3) is 0 Å². The van der Waals surface area contributed by atoms with Gasteiger partial charge in [-0.05, 0) is 32.1 Å². The SMILES string of the molecule is NC1(CNS(=O)(=O)C2CCCC2)CCC1. The van der Waals surface area contributed by atoms with Crippen molar-refractivity contribution in [3.8, 4) is 0 Å². The largest absolute Gasteiger partial charge is 0.324 e. The van der Waals surface area contributed by atoms with E-state index in [4.69, 9.17) is 5.73 Å². The standard InChI is InChI=1S/C10H20N2O2S/c11-10(6-3-7-10)8-12-15(13,14)9-4-1-2-5-9/h9,12H,1-8,11H2. The normalized spacial score (nSPS) is 26.5. The van der Waals surface area contributed by atoms with E-state index < -0.39 is 10.0 Å². The van der Waals surface area contributed by atoms with Gasteiger partial charge in [0.25, 0.3) is 0 Å². The Kier molecular flexibility index (Phi) is 3.05. The second-order valence-electron chi connectivity index (χ2n) is 4.99. The molecule has 0 heterocycles. The molecule has 88 valence electrons. The number of sulfonamides is 1. The Hall–Kier alpha value is -0.130. The molecule has 4 nitrogen and oxygen atoms in total. The van der Waals surface area contributed by atoms with E-state index in [1.807, 2.05) is 0 Å². The van der Waals surface area contributed by atoms with Gasteiger partial charge in [0, 0.05) is 12.1 Å². The van der Waals surface area contributed by atoms with Crippen LogP contribution >= 0.6 is 0 Å². The molecule has 2 rings (SSSR count). The summed E-state index contributed by atoms with van der Waals surface area (Å²) < 4.78 is 26.4. The molecule has 15 heavy (non-hydrogen) atoms. The molecule has 0 amide bonds. The quantitative estimate of drug-likeness (QED) is 0.750. The average Bonchev–Trinajstić information content (AvgIpc) is 2.65. The molecule has 0 aromatic heterocycles. The van der Waals surface area contributed by atoms with Gasteiger partial charge in [-0.15, -0.1) is 0 Å². The molecule has 0 saturated heterocycles. The molecular formula is C10H20N2O2S. The van der Waals surface area contributed by atoms with E-state index in [-0.39, 0.29) is 10.8 Å². The Bertz CT molecular complexity index is 316. The molecule has 0 radical (unpaired) electrons. The van der Waals surface area contributed by atoms with Crippen molar-refractivity contribution in [1.82, 2.24) is 4.72 Å². The Morgan fingerprint density at radius 2 is 1.80 bits per heavy atom. The summed E-state index contributed by atoms with van der Waals surface area (Å²) >= 11 is 0. The van der Waals surface area contributed by atoms with Crippen LogP contribution in [0.3, 0.4) is 0 Å². The van der Waals surface area contributed by atoms with Crippen molar-refractivity contribution in [1.29, 1.82) is 0 Å². The molecule has 2 aliphatic rings. The van der Waals surface area contributed by atoms with Gasteiger partial charge in [0.2, 0.25) is 10.0 Å². The van der Waals surface area contributed by atoms with Gasteiger partial charge in [-0.3, -0.25) is 0 Å². The van der Waals surface area contributed by atoms with Gasteiger partial charge in [0.1, 0.15) is 0 Å². The first-order valence-electron chi connectivity index (χ1n) is 5.79. The summed E-state index contributed by atoms with van der Waals surface area (Å²) in [5.74, 6) is 0. The predicted molar refractivity (Wildman–Crippen MR) is 59.9 cm³/mol. The van der Waals surface area contributed by atoms with Gasteiger partial charge in [-0.1, -0.05) is 12.8 Å². The highest BCUT2D eigenvalue weighted by molar-refractivity contribution is 7.90. The van der Waals surface area contributed by atoms with Gasteiger partial charge in [-0.25, -0.2) is 13.1 Å². The van der Waals surface area contributed by atoms with Crippen LogP contribution in [0.5, 0.6) is 0 Å². The highest BCUT2D eigenvalue weighted by atomic mass is 32.2. The summed E-state index contributed by atoms with van der Waals surface area (Å²) in [4.78, 5) is 0. The number of rotatable bonds is 4. The van der Waals surface area contributed by atoms with Gasteiger partial charge >= 0.3 is 0 Å². The summed E-state index contributed by atoms with van der Waals surface area (Å²) in [6.07, 6.45) is 6.72. The van der Waals surface area contributed by atoms with E-state index in [0.717, 1.165) is 44.9 Å². The summed E-state index contributed by atoms with van der Waals surface area (Å²) in [6, 6.07) is 0. The van der Waals surface area contributed by atoms with E-state index in [1.165, 1.54) is 0 Å². The molecule has 0 unspecified atom stereocenters. The van der Waals surface area contributed by atoms with Gasteiger partial charge < -0.3 is 5.73 Å². The Labute approximate surface area is 91.7 Å². The number of hydrogen-bond donors (Lipinski definition) is 2. The van der Waals surface area contributed by atoms with Crippen molar-refractivity contribution >= 4 is 10.0 Å². The van der Waals surface area contributed by atoms with Crippen molar-refractivity contribution in [2.24, 2.45) is 5.73 Å². The van der Waals surface area contributed by atoms with Gasteiger partial charge in [0.05, 0.1) is 5.25 Å². The van der Waals surface area contributed by atoms with Crippen LogP contribution in [0.15, 0.2) is 0 Å². The molecule has 0 aliphatic heterocycles. The minimum Gasteiger partial charge on any atom is -0.324 e. The lowest BCUT2D eigenvalue weighted by molar-refractivity contribution is 0.250. The molecule has 3 N–H and O–H groups in total. The maximum Gasteiger partial charge on any atom is 0.214 e. The van der Waals surface area contributed by atoms with Gasteiger partial charge in [0.15, 0.2) is 0 Å². The van der Waals surface area contributed by atoms with Crippen LogP contribution < -0.4 is 10.5 Å². The zero-order valence-electron chi connectivity index (χ0n) is 9.04. The lowest BCUT2D eigenvalue weighted by Crippen LogP contribution is -2.55. The Morgan fingerprint density at radius 3 is 2.27 bits per heavy atom. The zero-order chi connectivity index (χ0) is 10.9. The molecule has 0 spiro atoms. The highest BCUT2D eigenvalue weighted by Crippen LogP contribution is 2.29. The number of hydrogen-bond acceptors (Lipinski definition) is 3.